The Morgan fingerprint density at radius 1 is 0.897 bits per heavy atom. The highest BCUT2D eigenvalue weighted by Gasteiger charge is 2.29. The maximum Gasteiger partial charge on any atom is 0.339 e. The van der Waals surface area contributed by atoms with Crippen LogP contribution >= 0.6 is 0 Å². The maximum atomic E-state index is 13.1. The molecule has 3 aromatic carbocycles. The number of hydrogen-bond donors (Lipinski definition) is 0. The van der Waals surface area contributed by atoms with Crippen molar-refractivity contribution in [3.63, 3.8) is 0 Å². The van der Waals surface area contributed by atoms with Crippen molar-refractivity contribution < 1.29 is 14.3 Å². The summed E-state index contributed by atoms with van der Waals surface area (Å²) in [5.41, 5.74) is 5.55. The lowest BCUT2D eigenvalue weighted by atomic mass is 9.92. The van der Waals surface area contributed by atoms with E-state index in [9.17, 15) is 9.59 Å². The van der Waals surface area contributed by atoms with Crippen molar-refractivity contribution in [1.29, 1.82) is 0 Å². The second-order valence-electron chi connectivity index (χ2n) is 7.63. The van der Waals surface area contributed by atoms with E-state index in [1.54, 1.807) is 12.1 Å². The third-order valence-electron chi connectivity index (χ3n) is 5.82. The fraction of sp³-hybridized carbons (Fsp3) is 0.200. The molecule has 2 aliphatic rings. The van der Waals surface area contributed by atoms with Crippen LogP contribution in [0.25, 0.3) is 0 Å². The number of fused-ring (bicyclic) bond motifs is 2. The molecule has 1 atom stereocenters. The third kappa shape index (κ3) is 3.31. The lowest BCUT2D eigenvalue weighted by molar-refractivity contribution is 0.0252. The SMILES string of the molecule is O=C1O[C@@H](c2ccccc2)Cc2cc(C(=O)N3CCc4ccccc4C3)ccc21. The van der Waals surface area contributed by atoms with Gasteiger partial charge in [0, 0.05) is 25.1 Å². The molecule has 0 aromatic heterocycles. The molecule has 0 fully saturated rings. The number of rotatable bonds is 2. The number of nitrogens with zero attached hydrogens (tertiary/aromatic N) is 1. The summed E-state index contributed by atoms with van der Waals surface area (Å²) in [6, 6.07) is 23.3. The quantitative estimate of drug-likeness (QED) is 0.619. The van der Waals surface area contributed by atoms with Crippen molar-refractivity contribution in [2.24, 2.45) is 0 Å². The number of cyclic esters (lactones) is 1. The highest BCUT2D eigenvalue weighted by atomic mass is 16.5. The Labute approximate surface area is 169 Å². The Kier molecular flexibility index (Phi) is 4.39. The molecule has 0 spiro atoms. The van der Waals surface area contributed by atoms with Gasteiger partial charge in [-0.2, -0.15) is 0 Å². The van der Waals surface area contributed by atoms with Crippen LogP contribution < -0.4 is 0 Å². The molecule has 1 amide bonds. The van der Waals surface area contributed by atoms with E-state index < -0.39 is 0 Å². The van der Waals surface area contributed by atoms with Gasteiger partial charge >= 0.3 is 5.97 Å². The molecule has 144 valence electrons. The van der Waals surface area contributed by atoms with Crippen molar-refractivity contribution in [2.45, 2.75) is 25.5 Å². The van der Waals surface area contributed by atoms with Crippen molar-refractivity contribution in [1.82, 2.24) is 4.90 Å². The molecule has 29 heavy (non-hydrogen) atoms. The van der Waals surface area contributed by atoms with Gasteiger partial charge in [-0.3, -0.25) is 4.79 Å². The average molecular weight is 383 g/mol. The Morgan fingerprint density at radius 3 is 2.48 bits per heavy atom. The minimum absolute atomic E-state index is 0.0116. The lowest BCUT2D eigenvalue weighted by Crippen LogP contribution is -2.36. The van der Waals surface area contributed by atoms with Crippen LogP contribution in [0.5, 0.6) is 0 Å². The van der Waals surface area contributed by atoms with Crippen molar-refractivity contribution in [3.8, 4) is 0 Å². The summed E-state index contributed by atoms with van der Waals surface area (Å²) >= 11 is 0. The molecular weight excluding hydrogens is 362 g/mol. The summed E-state index contributed by atoms with van der Waals surface area (Å²) in [7, 11) is 0. The van der Waals surface area contributed by atoms with Crippen molar-refractivity contribution >= 4 is 11.9 Å². The van der Waals surface area contributed by atoms with Crippen LogP contribution in [0.15, 0.2) is 72.8 Å². The predicted molar refractivity (Wildman–Crippen MR) is 110 cm³/mol. The van der Waals surface area contributed by atoms with E-state index in [-0.39, 0.29) is 18.0 Å². The van der Waals surface area contributed by atoms with E-state index in [2.05, 4.69) is 12.1 Å². The van der Waals surface area contributed by atoms with E-state index in [0.717, 1.165) is 17.5 Å². The zero-order valence-electron chi connectivity index (χ0n) is 16.0. The molecular formula is C25H21NO3. The Morgan fingerprint density at radius 2 is 1.66 bits per heavy atom. The average Bonchev–Trinajstić information content (AvgIpc) is 2.78. The first-order valence-corrected chi connectivity index (χ1v) is 9.94. The first-order chi connectivity index (χ1) is 14.2. The smallest absolute Gasteiger partial charge is 0.339 e. The number of benzene rings is 3. The summed E-state index contributed by atoms with van der Waals surface area (Å²) in [6.45, 7) is 1.34. The molecule has 0 radical (unpaired) electrons. The van der Waals surface area contributed by atoms with Crippen LogP contribution in [0, 0.1) is 0 Å². The van der Waals surface area contributed by atoms with Gasteiger partial charge in [0.1, 0.15) is 6.10 Å². The molecule has 0 bridgehead atoms. The molecule has 5 rings (SSSR count). The topological polar surface area (TPSA) is 46.6 Å². The van der Waals surface area contributed by atoms with Gasteiger partial charge in [0.2, 0.25) is 0 Å². The highest BCUT2D eigenvalue weighted by Crippen LogP contribution is 2.31. The summed E-state index contributed by atoms with van der Waals surface area (Å²) in [6.07, 6.45) is 1.13. The number of esters is 1. The first-order valence-electron chi connectivity index (χ1n) is 9.94. The van der Waals surface area contributed by atoms with Gasteiger partial charge in [0.15, 0.2) is 0 Å². The van der Waals surface area contributed by atoms with Crippen LogP contribution in [0.1, 0.15) is 49.1 Å². The van der Waals surface area contributed by atoms with E-state index in [0.29, 0.717) is 30.6 Å². The molecule has 0 aliphatic carbocycles. The largest absolute Gasteiger partial charge is 0.454 e. The van der Waals surface area contributed by atoms with E-state index >= 15 is 0 Å². The van der Waals surface area contributed by atoms with Gasteiger partial charge in [-0.25, -0.2) is 4.79 Å². The Bertz CT molecular complexity index is 1090. The summed E-state index contributed by atoms with van der Waals surface area (Å²) < 4.78 is 5.62. The fourth-order valence-electron chi connectivity index (χ4n) is 4.23. The standard InChI is InChI=1S/C25H21NO3/c27-24(26-13-12-17-6-4-5-9-20(17)16-26)19-10-11-22-21(14-19)15-23(29-25(22)28)18-7-2-1-3-8-18/h1-11,14,23H,12-13,15-16H2/t23-/m1/s1. The van der Waals surface area contributed by atoms with Crippen LogP contribution in [0.2, 0.25) is 0 Å². The van der Waals surface area contributed by atoms with E-state index in [1.807, 2.05) is 53.4 Å². The van der Waals surface area contributed by atoms with E-state index in [4.69, 9.17) is 4.74 Å². The molecule has 0 N–H and O–H groups in total. The summed E-state index contributed by atoms with van der Waals surface area (Å²) in [5.74, 6) is -0.316. The molecule has 0 saturated heterocycles. The molecule has 4 nitrogen and oxygen atoms in total. The van der Waals surface area contributed by atoms with Crippen molar-refractivity contribution in [2.75, 3.05) is 6.54 Å². The zero-order valence-corrected chi connectivity index (χ0v) is 16.0. The number of amides is 1. The van der Waals surface area contributed by atoms with Gasteiger partial charge in [0.05, 0.1) is 5.56 Å². The predicted octanol–water partition coefficient (Wildman–Crippen LogP) is 4.34. The lowest BCUT2D eigenvalue weighted by Gasteiger charge is -2.30. The number of ether oxygens (including phenoxy) is 1. The normalized spacial score (nSPS) is 17.9. The minimum Gasteiger partial charge on any atom is -0.454 e. The highest BCUT2D eigenvalue weighted by molar-refractivity contribution is 5.98. The van der Waals surface area contributed by atoms with Crippen LogP contribution in [-0.2, 0) is 24.1 Å². The van der Waals surface area contributed by atoms with Gasteiger partial charge in [-0.05, 0) is 46.9 Å². The van der Waals surface area contributed by atoms with Gasteiger partial charge in [0.25, 0.3) is 5.91 Å². The fourth-order valence-corrected chi connectivity index (χ4v) is 4.23. The van der Waals surface area contributed by atoms with Crippen LogP contribution in [0.4, 0.5) is 0 Å². The van der Waals surface area contributed by atoms with E-state index in [1.165, 1.54) is 11.1 Å². The molecule has 0 unspecified atom stereocenters. The molecule has 2 heterocycles. The summed E-state index contributed by atoms with van der Waals surface area (Å²) in [4.78, 5) is 27.5. The third-order valence-corrected chi connectivity index (χ3v) is 5.82. The number of hydrogen-bond acceptors (Lipinski definition) is 3. The van der Waals surface area contributed by atoms with Crippen LogP contribution in [-0.4, -0.2) is 23.3 Å². The second-order valence-corrected chi connectivity index (χ2v) is 7.63. The number of carbonyl (C=O) groups is 2. The molecule has 3 aromatic rings. The van der Waals surface area contributed by atoms with Crippen molar-refractivity contribution in [3.05, 3.63) is 106 Å². The first kappa shape index (κ1) is 17.7. The summed E-state index contributed by atoms with van der Waals surface area (Å²) in [5, 5.41) is 0. The van der Waals surface area contributed by atoms with Crippen LogP contribution in [0.3, 0.4) is 0 Å². The number of carbonyl (C=O) groups excluding carboxylic acids is 2. The van der Waals surface area contributed by atoms with Gasteiger partial charge in [-0.1, -0.05) is 54.6 Å². The molecule has 2 aliphatic heterocycles. The monoisotopic (exact) mass is 383 g/mol. The maximum absolute atomic E-state index is 13.1. The van der Waals surface area contributed by atoms with Gasteiger partial charge in [-0.15, -0.1) is 0 Å². The Hall–Kier alpha value is -3.40. The second kappa shape index (κ2) is 7.21. The zero-order chi connectivity index (χ0) is 19.8. The molecule has 4 heteroatoms. The minimum atomic E-state index is -0.328. The Balaban J connectivity index is 1.41. The van der Waals surface area contributed by atoms with Gasteiger partial charge < -0.3 is 9.64 Å². The molecule has 0 saturated carbocycles.